The molecule has 0 radical (unpaired) electrons. The molecule has 1 saturated heterocycles. The first-order chi connectivity index (χ1) is 19.4. The lowest BCUT2D eigenvalue weighted by Crippen LogP contribution is -2.31. The van der Waals surface area contributed by atoms with Crippen LogP contribution in [0.2, 0.25) is 0 Å². The van der Waals surface area contributed by atoms with Crippen LogP contribution < -0.4 is 11.1 Å². The number of nitrogens with two attached hydrogens (primary N) is 1. The minimum atomic E-state index is -4.70. The molecule has 1 aliphatic rings. The molecule has 4 aromatic rings. The Morgan fingerprint density at radius 1 is 1.12 bits per heavy atom. The number of carbonyl (C=O) groups is 2. The van der Waals surface area contributed by atoms with Gasteiger partial charge in [0.2, 0.25) is 5.91 Å². The SMILES string of the molecule is C[C@@]1(F)CCN(C(=O)c2ccc(-c3cc(C(F)(F)F)c4oc(CNC(=O)/C=C/c5ccc(N)nc5)cc4c3)cc2)C1. The number of anilines is 1. The third-order valence-corrected chi connectivity index (χ3v) is 6.82. The maximum atomic E-state index is 14.2. The quantitative estimate of drug-likeness (QED) is 0.220. The molecule has 2 aromatic carbocycles. The van der Waals surface area contributed by atoms with Crippen LogP contribution in [0.4, 0.5) is 23.4 Å². The zero-order chi connectivity index (χ0) is 29.4. The Labute approximate surface area is 232 Å². The van der Waals surface area contributed by atoms with Crippen LogP contribution in [0.1, 0.15) is 40.6 Å². The number of nitrogens with one attached hydrogen (secondary N) is 1. The third-order valence-electron chi connectivity index (χ3n) is 6.82. The predicted molar refractivity (Wildman–Crippen MR) is 146 cm³/mol. The van der Waals surface area contributed by atoms with Gasteiger partial charge >= 0.3 is 6.18 Å². The molecular weight excluding hydrogens is 540 g/mol. The number of carbonyl (C=O) groups excluding carboxylic acids is 2. The van der Waals surface area contributed by atoms with E-state index in [0.29, 0.717) is 29.1 Å². The Hall–Kier alpha value is -4.67. The number of benzene rings is 2. The number of pyridine rings is 1. The molecule has 212 valence electrons. The standard InChI is InChI=1S/C30H26F4N4O3/c1-29(31)10-11-38(17-29)28(40)20-6-4-19(5-7-20)21-12-22-13-23(41-27(22)24(14-21)30(32,33)34)16-37-26(39)9-3-18-2-8-25(35)36-15-18/h2-9,12-15H,10-11,16-17H2,1H3,(H2,35,36)(H,37,39)/b9-3+/t29-/m1/s1. The first-order valence-electron chi connectivity index (χ1n) is 12.8. The molecule has 1 fully saturated rings. The monoisotopic (exact) mass is 566 g/mol. The van der Waals surface area contributed by atoms with E-state index < -0.39 is 23.3 Å². The van der Waals surface area contributed by atoms with Gasteiger partial charge in [-0.3, -0.25) is 9.59 Å². The lowest BCUT2D eigenvalue weighted by atomic mass is 9.99. The van der Waals surface area contributed by atoms with Crippen molar-refractivity contribution in [3.63, 3.8) is 0 Å². The molecule has 0 spiro atoms. The van der Waals surface area contributed by atoms with Gasteiger partial charge in [0.25, 0.3) is 5.91 Å². The lowest BCUT2D eigenvalue weighted by molar-refractivity contribution is -0.136. The minimum absolute atomic E-state index is 0.00117. The van der Waals surface area contributed by atoms with Gasteiger partial charge in [0.05, 0.1) is 18.7 Å². The van der Waals surface area contributed by atoms with Gasteiger partial charge in [-0.15, -0.1) is 0 Å². The Balaban J connectivity index is 1.34. The average molecular weight is 567 g/mol. The average Bonchev–Trinajstić information content (AvgIpc) is 3.52. The highest BCUT2D eigenvalue weighted by molar-refractivity contribution is 5.95. The number of aromatic nitrogens is 1. The van der Waals surface area contributed by atoms with Gasteiger partial charge in [0.15, 0.2) is 0 Å². The van der Waals surface area contributed by atoms with Crippen molar-refractivity contribution in [2.24, 2.45) is 0 Å². The largest absolute Gasteiger partial charge is 0.459 e. The molecule has 1 aliphatic heterocycles. The predicted octanol–water partition coefficient (Wildman–Crippen LogP) is 6.00. The number of alkyl halides is 4. The number of amides is 2. The van der Waals surface area contributed by atoms with E-state index in [1.54, 1.807) is 30.3 Å². The minimum Gasteiger partial charge on any atom is -0.459 e. The van der Waals surface area contributed by atoms with Crippen LogP contribution >= 0.6 is 0 Å². The fourth-order valence-corrected chi connectivity index (χ4v) is 4.68. The van der Waals surface area contributed by atoms with E-state index in [2.05, 4.69) is 10.3 Å². The van der Waals surface area contributed by atoms with Crippen molar-refractivity contribution in [1.82, 2.24) is 15.2 Å². The summed E-state index contributed by atoms with van der Waals surface area (Å²) in [7, 11) is 0. The van der Waals surface area contributed by atoms with E-state index >= 15 is 0 Å². The van der Waals surface area contributed by atoms with Gasteiger partial charge in [-0.1, -0.05) is 12.1 Å². The van der Waals surface area contributed by atoms with Crippen LogP contribution in [0.25, 0.3) is 28.2 Å². The second kappa shape index (κ2) is 10.7. The smallest absolute Gasteiger partial charge is 0.420 e. The van der Waals surface area contributed by atoms with Crippen molar-refractivity contribution < 1.29 is 31.6 Å². The molecule has 2 amide bonds. The molecule has 11 heteroatoms. The molecule has 3 heterocycles. The fourth-order valence-electron chi connectivity index (χ4n) is 4.68. The summed E-state index contributed by atoms with van der Waals surface area (Å²) in [6.45, 7) is 1.62. The van der Waals surface area contributed by atoms with Crippen molar-refractivity contribution >= 4 is 34.7 Å². The zero-order valence-electron chi connectivity index (χ0n) is 22.0. The molecule has 2 aromatic heterocycles. The summed E-state index contributed by atoms with van der Waals surface area (Å²) in [5.74, 6) is -0.316. The number of halogens is 4. The van der Waals surface area contributed by atoms with Crippen LogP contribution in [-0.4, -0.2) is 40.5 Å². The van der Waals surface area contributed by atoms with Crippen LogP contribution in [0.15, 0.2) is 71.3 Å². The van der Waals surface area contributed by atoms with E-state index in [0.717, 1.165) is 6.07 Å². The van der Waals surface area contributed by atoms with Crippen molar-refractivity contribution in [3.05, 3.63) is 89.3 Å². The number of hydrogen-bond acceptors (Lipinski definition) is 5. The van der Waals surface area contributed by atoms with Gasteiger partial charge < -0.3 is 20.4 Å². The molecule has 0 bridgehead atoms. The summed E-state index contributed by atoms with van der Waals surface area (Å²) >= 11 is 0. The maximum absolute atomic E-state index is 14.2. The van der Waals surface area contributed by atoms with E-state index in [-0.39, 0.29) is 47.7 Å². The van der Waals surface area contributed by atoms with E-state index in [1.807, 2.05) is 0 Å². The summed E-state index contributed by atoms with van der Waals surface area (Å²) in [5, 5.41) is 2.80. The first-order valence-corrected chi connectivity index (χ1v) is 12.8. The van der Waals surface area contributed by atoms with Crippen molar-refractivity contribution in [2.75, 3.05) is 18.8 Å². The van der Waals surface area contributed by atoms with Crippen LogP contribution in [0.3, 0.4) is 0 Å². The van der Waals surface area contributed by atoms with Crippen molar-refractivity contribution in [2.45, 2.75) is 31.7 Å². The summed E-state index contributed by atoms with van der Waals surface area (Å²) in [6.07, 6.45) is -0.160. The molecule has 0 aliphatic carbocycles. The molecular formula is C30H26F4N4O3. The molecule has 0 saturated carbocycles. The normalized spacial score (nSPS) is 17.4. The number of nitrogens with zero attached hydrogens (tertiary/aromatic N) is 2. The van der Waals surface area contributed by atoms with Crippen LogP contribution in [0, 0.1) is 0 Å². The topological polar surface area (TPSA) is 101 Å². The zero-order valence-corrected chi connectivity index (χ0v) is 22.0. The summed E-state index contributed by atoms with van der Waals surface area (Å²) < 4.78 is 61.7. The highest BCUT2D eigenvalue weighted by Gasteiger charge is 2.37. The number of rotatable bonds is 6. The Morgan fingerprint density at radius 2 is 1.88 bits per heavy atom. The molecule has 3 N–H and O–H groups in total. The van der Waals surface area contributed by atoms with E-state index in [9.17, 15) is 27.2 Å². The lowest BCUT2D eigenvalue weighted by Gasteiger charge is -2.18. The number of hydrogen-bond donors (Lipinski definition) is 2. The van der Waals surface area contributed by atoms with Crippen molar-refractivity contribution in [1.29, 1.82) is 0 Å². The van der Waals surface area contributed by atoms with Crippen molar-refractivity contribution in [3.8, 4) is 11.1 Å². The number of fused-ring (bicyclic) bond motifs is 1. The van der Waals surface area contributed by atoms with Gasteiger partial charge in [-0.05, 0) is 72.2 Å². The number of furan rings is 1. The van der Waals surface area contributed by atoms with Gasteiger partial charge in [-0.2, -0.15) is 13.2 Å². The Morgan fingerprint density at radius 3 is 2.51 bits per heavy atom. The molecule has 7 nitrogen and oxygen atoms in total. The number of likely N-dealkylation sites (tertiary alicyclic amines) is 1. The Bertz CT molecular complexity index is 1620. The molecule has 1 atom stereocenters. The highest BCUT2D eigenvalue weighted by Crippen LogP contribution is 2.39. The van der Waals surface area contributed by atoms with E-state index in [4.69, 9.17) is 10.2 Å². The Kier molecular flexibility index (Phi) is 7.29. The molecule has 0 unspecified atom stereocenters. The van der Waals surface area contributed by atoms with Gasteiger partial charge in [0.1, 0.15) is 22.8 Å². The summed E-state index contributed by atoms with van der Waals surface area (Å²) in [5.41, 5.74) is 4.51. The fraction of sp³-hybridized carbons (Fsp3) is 0.233. The van der Waals surface area contributed by atoms with Crippen LogP contribution in [-0.2, 0) is 17.5 Å². The van der Waals surface area contributed by atoms with Gasteiger partial charge in [0, 0.05) is 36.2 Å². The maximum Gasteiger partial charge on any atom is 0.420 e. The second-order valence-electron chi connectivity index (χ2n) is 10.2. The molecule has 5 rings (SSSR count). The summed E-state index contributed by atoms with van der Waals surface area (Å²) in [4.78, 5) is 30.3. The highest BCUT2D eigenvalue weighted by atomic mass is 19.4. The second-order valence-corrected chi connectivity index (χ2v) is 10.2. The first kappa shape index (κ1) is 27.9. The van der Waals surface area contributed by atoms with E-state index in [1.165, 1.54) is 48.4 Å². The number of nitrogen functional groups attached to an aromatic ring is 1. The van der Waals surface area contributed by atoms with Crippen LogP contribution in [0.5, 0.6) is 0 Å². The third kappa shape index (κ3) is 6.40. The van der Waals surface area contributed by atoms with Gasteiger partial charge in [-0.25, -0.2) is 9.37 Å². The molecule has 41 heavy (non-hydrogen) atoms. The summed E-state index contributed by atoms with van der Waals surface area (Å²) in [6, 6.07) is 13.4.